The first-order valence-electron chi connectivity index (χ1n) is 25.8. The van der Waals surface area contributed by atoms with Crippen LogP contribution in [0.1, 0.15) is 159 Å². The monoisotopic (exact) mass is 1120 g/mol. The van der Waals surface area contributed by atoms with E-state index < -0.39 is 133 Å². The van der Waals surface area contributed by atoms with Gasteiger partial charge in [-0.2, -0.15) is 0 Å². The number of ether oxygens (including phenoxy) is 4. The van der Waals surface area contributed by atoms with Crippen molar-refractivity contribution in [1.82, 2.24) is 30.5 Å². The first-order valence-corrected chi connectivity index (χ1v) is 28.1. The van der Waals surface area contributed by atoms with E-state index in [4.69, 9.17) is 24.7 Å². The third-order valence-corrected chi connectivity index (χ3v) is 15.8. The number of aliphatic imine (C=N–C) groups is 1. The molecular weight excluding hydrogens is 1040 g/mol. The fraction of sp³-hybridized carbons (Fsp3) is 0.736. The Morgan fingerprint density at radius 3 is 1.94 bits per heavy atom. The van der Waals surface area contributed by atoms with Crippen LogP contribution >= 0.6 is 11.8 Å². The lowest BCUT2D eigenvalue weighted by Crippen LogP contribution is -2.62. The van der Waals surface area contributed by atoms with E-state index in [2.05, 4.69) is 25.7 Å². The summed E-state index contributed by atoms with van der Waals surface area (Å²) in [4.78, 5) is 103. The number of hydrogen-bond donors (Lipinski definition) is 6. The molecule has 0 aliphatic carbocycles. The van der Waals surface area contributed by atoms with Crippen LogP contribution in [0.2, 0.25) is 0 Å². The summed E-state index contributed by atoms with van der Waals surface area (Å²) in [5, 5.41) is 17.7. The number of carbonyl (C=O) groups excluding carboxylic acids is 6. The number of sulfonamides is 1. The molecular formula is C53H88N8O14S2. The van der Waals surface area contributed by atoms with Crippen molar-refractivity contribution in [2.75, 3.05) is 20.2 Å². The zero-order valence-corrected chi connectivity index (χ0v) is 50.8. The van der Waals surface area contributed by atoms with Crippen molar-refractivity contribution in [3.8, 4) is 5.75 Å². The highest BCUT2D eigenvalue weighted by Gasteiger charge is 2.57. The van der Waals surface area contributed by atoms with Gasteiger partial charge in [0.15, 0.2) is 6.04 Å². The van der Waals surface area contributed by atoms with Gasteiger partial charge in [0, 0.05) is 37.2 Å². The van der Waals surface area contributed by atoms with Crippen LogP contribution in [-0.2, 0) is 64.2 Å². The van der Waals surface area contributed by atoms with E-state index in [1.165, 1.54) is 42.5 Å². The third kappa shape index (κ3) is 17.9. The number of rotatable bonds is 21. The van der Waals surface area contributed by atoms with Crippen molar-refractivity contribution >= 4 is 69.2 Å². The van der Waals surface area contributed by atoms with E-state index in [-0.39, 0.29) is 30.2 Å². The van der Waals surface area contributed by atoms with Crippen molar-refractivity contribution in [2.45, 2.75) is 237 Å². The van der Waals surface area contributed by atoms with E-state index in [9.17, 15) is 47.1 Å². The number of fused-ring (bicyclic) bond motifs is 1. The molecule has 0 saturated carbocycles. The summed E-state index contributed by atoms with van der Waals surface area (Å²) in [5.74, 6) is -6.08. The van der Waals surface area contributed by atoms with Crippen molar-refractivity contribution in [2.24, 2.45) is 10.7 Å². The van der Waals surface area contributed by atoms with Gasteiger partial charge in [0.2, 0.25) is 35.5 Å². The minimum absolute atomic E-state index is 0.0286. The van der Waals surface area contributed by atoms with Crippen molar-refractivity contribution < 1.29 is 66.0 Å². The number of carboxylic acid groups (broad SMARTS) is 1. The lowest BCUT2D eigenvalue weighted by atomic mass is 9.94. The Hall–Kier alpha value is -5.20. The summed E-state index contributed by atoms with van der Waals surface area (Å²) in [6.45, 7) is 33.5. The lowest BCUT2D eigenvalue weighted by Gasteiger charge is -2.38. The lowest BCUT2D eigenvalue weighted by molar-refractivity contribution is -0.157. The number of carbonyl (C=O) groups is 7. The number of nitrogens with one attached hydrogen (secondary N) is 4. The molecule has 1 aromatic carbocycles. The molecule has 6 atom stereocenters. The number of esters is 1. The molecule has 1 fully saturated rings. The zero-order valence-electron chi connectivity index (χ0n) is 49.2. The van der Waals surface area contributed by atoms with Gasteiger partial charge >= 0.3 is 11.9 Å². The number of hydrogen-bond acceptors (Lipinski definition) is 15. The van der Waals surface area contributed by atoms with Crippen LogP contribution < -0.4 is 31.1 Å². The maximum absolute atomic E-state index is 14.9. The highest BCUT2D eigenvalue weighted by Crippen LogP contribution is 2.51. The second-order valence-electron chi connectivity index (χ2n) is 24.6. The summed E-state index contributed by atoms with van der Waals surface area (Å²) in [5.41, 5.74) is 5.45. The predicted octanol–water partition coefficient (Wildman–Crippen LogP) is 4.29. The smallest absolute Gasteiger partial charge is 0.328 e. The van der Waals surface area contributed by atoms with Crippen molar-refractivity contribution in [3.05, 3.63) is 22.3 Å². The Labute approximate surface area is 460 Å². The van der Waals surface area contributed by atoms with Crippen molar-refractivity contribution in [3.63, 3.8) is 0 Å². The predicted molar refractivity (Wildman–Crippen MR) is 294 cm³/mol. The quantitative estimate of drug-likeness (QED) is 0.0433. The number of nitrogens with zero attached hydrogens (tertiary/aromatic N) is 3. The molecule has 0 radical (unpaired) electrons. The molecule has 5 amide bonds. The first-order chi connectivity index (χ1) is 34.7. The van der Waals surface area contributed by atoms with E-state index in [1.807, 2.05) is 41.5 Å². The Bertz CT molecular complexity index is 2560. The molecule has 2 aliphatic rings. The van der Waals surface area contributed by atoms with Gasteiger partial charge in [-0.1, -0.05) is 0 Å². The summed E-state index contributed by atoms with van der Waals surface area (Å²) >= 11 is 1.41. The van der Waals surface area contributed by atoms with Crippen molar-refractivity contribution in [1.29, 1.82) is 0 Å². The number of nitrogens with two attached hydrogens (primary N) is 1. The molecule has 2 heterocycles. The minimum Gasteiger partial charge on any atom is -0.487 e. The molecule has 1 saturated heterocycles. The Balaban J connectivity index is 2.06. The molecule has 77 heavy (non-hydrogen) atoms. The maximum Gasteiger partial charge on any atom is 0.328 e. The Kier molecular flexibility index (Phi) is 21.0. The Morgan fingerprint density at radius 1 is 0.857 bits per heavy atom. The van der Waals surface area contributed by atoms with E-state index in [1.54, 1.807) is 83.1 Å². The maximum atomic E-state index is 14.9. The van der Waals surface area contributed by atoms with E-state index in [0.29, 0.717) is 28.9 Å². The second-order valence-corrected chi connectivity index (χ2v) is 28.4. The number of carboxylic acids is 1. The van der Waals surface area contributed by atoms with Gasteiger partial charge in [-0.05, 0) is 161 Å². The summed E-state index contributed by atoms with van der Waals surface area (Å²) in [6.07, 6.45) is -1.45. The minimum atomic E-state index is -4.27. The molecule has 1 aromatic rings. The fourth-order valence-electron chi connectivity index (χ4n) is 9.61. The topological polar surface area (TPSA) is 304 Å². The van der Waals surface area contributed by atoms with Gasteiger partial charge in [-0.15, -0.1) is 11.8 Å². The summed E-state index contributed by atoms with van der Waals surface area (Å²) in [6, 6.07) is -7.43. The van der Waals surface area contributed by atoms with Crippen LogP contribution in [-0.4, -0.2) is 159 Å². The first kappa shape index (κ1) is 66.1. The zero-order chi connectivity index (χ0) is 59.5. The highest BCUT2D eigenvalue weighted by atomic mass is 32.2. The number of guanidine groups is 1. The molecule has 3 rings (SSSR count). The average molecular weight is 1130 g/mol. The molecule has 2 aliphatic heterocycles. The summed E-state index contributed by atoms with van der Waals surface area (Å²) in [7, 11) is -2.88. The normalized spacial score (nSPS) is 19.1. The van der Waals surface area contributed by atoms with E-state index >= 15 is 0 Å². The van der Waals surface area contributed by atoms with E-state index in [0.717, 1.165) is 5.56 Å². The molecule has 0 bridgehead atoms. The number of likely N-dealkylation sites (N-methyl/N-ethyl adjacent to an activating group) is 1. The molecule has 436 valence electrons. The van der Waals surface area contributed by atoms with Gasteiger partial charge in [0.05, 0.1) is 40.1 Å². The molecule has 2 unspecified atom stereocenters. The van der Waals surface area contributed by atoms with Gasteiger partial charge in [0.25, 0.3) is 10.0 Å². The molecule has 0 spiro atoms. The number of aliphatic carboxylic acids is 1. The second kappa shape index (κ2) is 24.4. The SMILES string of the molecule is CC(=O)N1C(C(=O)N(C)[C@@H](CCCN=C(N)NS(=O)(=O)c2c(C)c(C)c3c(c2C)CC(C)(C)O3)C(=O)N[C@@H](COC(C)(C)C)C(=O)N[C@@H](CC(=O)OC(C)(C)C)C(=O)N[C@H](C(=O)O)C(C)OC(C)(C)C)C(C)(C)SC1(C)C. The average Bonchev–Trinajstić information content (AvgIpc) is 3.67. The van der Waals surface area contributed by atoms with Gasteiger partial charge < -0.3 is 55.5 Å². The van der Waals surface area contributed by atoms with Crippen LogP contribution in [0.4, 0.5) is 0 Å². The summed E-state index contributed by atoms with van der Waals surface area (Å²) < 4.78 is 52.9. The number of amides is 5. The number of thioether (sulfide) groups is 1. The Morgan fingerprint density at radius 2 is 1.42 bits per heavy atom. The number of benzene rings is 1. The molecule has 24 heteroatoms. The van der Waals surface area contributed by atoms with Crippen LogP contribution in [0, 0.1) is 20.8 Å². The molecule has 7 N–H and O–H groups in total. The highest BCUT2D eigenvalue weighted by molar-refractivity contribution is 8.02. The van der Waals surface area contributed by atoms with Gasteiger partial charge in [-0.25, -0.2) is 17.9 Å². The largest absolute Gasteiger partial charge is 0.487 e. The van der Waals surface area contributed by atoms with Gasteiger partial charge in [0.1, 0.15) is 41.1 Å². The van der Waals surface area contributed by atoms with Crippen LogP contribution in [0.3, 0.4) is 0 Å². The van der Waals surface area contributed by atoms with Crippen LogP contribution in [0.5, 0.6) is 5.75 Å². The molecule has 22 nitrogen and oxygen atoms in total. The molecule has 0 aromatic heterocycles. The third-order valence-electron chi connectivity index (χ3n) is 12.7. The fourth-order valence-corrected chi connectivity index (χ4v) is 13.1. The van der Waals surface area contributed by atoms with Crippen LogP contribution in [0.15, 0.2) is 9.89 Å². The van der Waals surface area contributed by atoms with Crippen LogP contribution in [0.25, 0.3) is 0 Å². The standard InChI is InChI=1S/C53H88N8O14S2/c1-28-29(2)40(30(3)33-26-51(15,16)75-39(28)33)77(70,71)59-47(54)55-24-22-23-36(60(21)45(67)41-52(17,18)76-53(19,20)61(41)32(5)62)44(66)57-35(27-72-48(6,7)8)43(65)56-34(25-37(63)74-50(12,13)14)42(64)58-38(46(68)69)31(4)73-49(9,10)11/h31,34-36,38,41H,22-27H2,1-21H3,(H,56,65)(H,57,66)(H,58,64)(H,68,69)(H3,54,55,59)/t31?,34-,35-,36-,38-,41?/m0/s1. The van der Waals surface area contributed by atoms with Gasteiger partial charge in [-0.3, -0.25) is 33.8 Å².